The standard InChI is InChI=1S/C92H154N20O15/c1-10-11-12-13-20-45-76(113)99-51-28-23-37-64(79(97)114)100-80(115)65(38-21-25-46-93)98-50-27-24-40-67-84(119)110-78(61(8)9)90(125)104-69(42-30-49-96)82(117)106-70(54-58(2)3)85(120)107-72(56-62-33-16-14-17-34-62)91(126)111-52-31-43-74(111)87(122)101-66(39-22-26-47-94)83(118)109-77(60(6)7)89(124)103-68(41-29-48-95)81(116)105-71(55-59(4)5)86(121)108-73(57-63-35-18-15-19-36-63)92(127)112-53-32-44-75(112)88(123)102-67/h14-19,33-36,58-61,64-75,77-78,98H,10-13,20-32,37-57,93-96H2,1-9H3,(H2,97,114)(H,99,113)(H,100,115)(H,101,122)(H,102,123)(H,103,124)(H,104,125)(H,105,116)(H,106,117)(H,107,120)(H,108,121)(H,109,118)(H,110,119)/t64-,65-,66+,67+,68-,69-,70-,71-,72+,73+,74-,75-,77-,78-/m0/s1. The molecule has 0 spiro atoms. The molecule has 0 aliphatic carbocycles. The molecule has 0 unspecified atom stereocenters. The molecule has 3 aliphatic heterocycles. The molecule has 5 rings (SSSR count). The molecule has 3 saturated heterocycles. The molecule has 35 heteroatoms. The van der Waals surface area contributed by atoms with Crippen LogP contribution >= 0.6 is 0 Å². The first kappa shape index (κ1) is 108. The van der Waals surface area contributed by atoms with E-state index in [4.69, 9.17) is 28.7 Å². The monoisotopic (exact) mass is 1780 g/mol. The van der Waals surface area contributed by atoms with Crippen molar-refractivity contribution in [3.8, 4) is 0 Å². The van der Waals surface area contributed by atoms with Crippen molar-refractivity contribution in [1.29, 1.82) is 0 Å². The van der Waals surface area contributed by atoms with Crippen LogP contribution in [0.1, 0.15) is 253 Å². The lowest BCUT2D eigenvalue weighted by molar-refractivity contribution is -0.143. The summed E-state index contributed by atoms with van der Waals surface area (Å²) in [7, 11) is 0. The molecule has 35 nitrogen and oxygen atoms in total. The third kappa shape index (κ3) is 38.2. The van der Waals surface area contributed by atoms with Gasteiger partial charge in [0.05, 0.1) is 6.04 Å². The van der Waals surface area contributed by atoms with E-state index in [0.717, 1.165) is 32.1 Å². The molecule has 0 saturated carbocycles. The number of nitrogens with one attached hydrogen (secondary N) is 13. The number of hydrogen-bond acceptors (Lipinski definition) is 20. The first-order valence-corrected chi connectivity index (χ1v) is 46.9. The number of unbranched alkanes of at least 4 members (excludes halogenated alkanes) is 8. The smallest absolute Gasteiger partial charge is 0.246 e. The van der Waals surface area contributed by atoms with E-state index in [2.05, 4.69) is 76.0 Å². The van der Waals surface area contributed by atoms with Gasteiger partial charge in [-0.3, -0.25) is 71.9 Å². The van der Waals surface area contributed by atoms with Crippen LogP contribution in [0.25, 0.3) is 0 Å². The van der Waals surface area contributed by atoms with Crippen LogP contribution in [0.15, 0.2) is 60.7 Å². The average Bonchev–Trinajstić information content (AvgIpc) is 1.74. The zero-order chi connectivity index (χ0) is 93.5. The molecule has 15 amide bonds. The van der Waals surface area contributed by atoms with Crippen LogP contribution in [0.4, 0.5) is 0 Å². The van der Waals surface area contributed by atoms with Crippen LogP contribution in [0, 0.1) is 23.7 Å². The second-order valence-electron chi connectivity index (χ2n) is 35.9. The van der Waals surface area contributed by atoms with Crippen LogP contribution in [0.5, 0.6) is 0 Å². The molecular weight excluding hydrogens is 1630 g/mol. The lowest BCUT2D eigenvalue weighted by Crippen LogP contribution is -2.62. The number of carbonyl (C=O) groups is 15. The Labute approximate surface area is 751 Å². The van der Waals surface area contributed by atoms with Crippen molar-refractivity contribution >= 4 is 88.6 Å². The summed E-state index contributed by atoms with van der Waals surface area (Å²) in [5.41, 5.74) is 31.1. The maximum atomic E-state index is 15.5. The minimum Gasteiger partial charge on any atom is -0.368 e. The van der Waals surface area contributed by atoms with Crippen molar-refractivity contribution < 1.29 is 71.9 Å². The lowest BCUT2D eigenvalue weighted by atomic mass is 9.99. The zero-order valence-corrected chi connectivity index (χ0v) is 76.9. The van der Waals surface area contributed by atoms with Gasteiger partial charge in [-0.05, 0) is 209 Å². The van der Waals surface area contributed by atoms with Crippen molar-refractivity contribution in [2.45, 2.75) is 340 Å². The first-order valence-electron chi connectivity index (χ1n) is 46.9. The summed E-state index contributed by atoms with van der Waals surface area (Å²) in [4.78, 5) is 223. The van der Waals surface area contributed by atoms with Gasteiger partial charge in [0.25, 0.3) is 0 Å². The molecule has 0 radical (unpaired) electrons. The SMILES string of the molecule is CCCCCCCC(=O)NCCCC[C@H](NC(=O)[C@H](CCCCN)NCCCC[C@H]1NC(=O)[C@@H]2CCCN2C(=O)[C@@H](Cc2ccccc2)NC(=O)[C@H](CC(C)C)NC(=O)[C@H](CCCN)NC(=O)[C@H](C(C)C)NC(=O)[C@@H](CCCCN)NC(=O)[C@@H]2CCCN2C(=O)[C@@H](Cc2ccccc2)NC(=O)[C@H](CC(C)C)NC(=O)[C@H](CCCN)NC(=O)[C@H](C(C)C)NC1=O)C(N)=O. The molecule has 23 N–H and O–H groups in total. The highest BCUT2D eigenvalue weighted by atomic mass is 16.2. The normalized spacial score (nSPS) is 23.4. The minimum atomic E-state index is -1.41. The van der Waals surface area contributed by atoms with Gasteiger partial charge in [0.1, 0.15) is 78.5 Å². The van der Waals surface area contributed by atoms with Crippen molar-refractivity contribution in [1.82, 2.24) is 78.9 Å². The predicted molar refractivity (Wildman–Crippen MR) is 487 cm³/mol. The summed E-state index contributed by atoms with van der Waals surface area (Å²) in [5.74, 6) is -11.9. The van der Waals surface area contributed by atoms with Crippen molar-refractivity contribution in [3.63, 3.8) is 0 Å². The van der Waals surface area contributed by atoms with E-state index in [1.54, 1.807) is 88.4 Å². The molecule has 3 aliphatic rings. The Bertz CT molecular complexity index is 3780. The van der Waals surface area contributed by atoms with E-state index in [1.807, 2.05) is 27.7 Å². The van der Waals surface area contributed by atoms with Crippen LogP contribution in [0.2, 0.25) is 0 Å². The van der Waals surface area contributed by atoms with Gasteiger partial charge in [-0.25, -0.2) is 0 Å². The third-order valence-corrected chi connectivity index (χ3v) is 23.5. The second-order valence-corrected chi connectivity index (χ2v) is 35.9. The Hall–Kier alpha value is -9.71. The van der Waals surface area contributed by atoms with Crippen molar-refractivity contribution in [2.24, 2.45) is 52.3 Å². The number of carbonyl (C=O) groups excluding carboxylic acids is 15. The number of amides is 15. The lowest BCUT2D eigenvalue weighted by Gasteiger charge is -2.32. The van der Waals surface area contributed by atoms with Crippen molar-refractivity contribution in [2.75, 3.05) is 52.4 Å². The molecule has 14 atom stereocenters. The fraction of sp³-hybridized carbons (Fsp3) is 0.707. The molecule has 712 valence electrons. The van der Waals surface area contributed by atoms with Gasteiger partial charge in [0, 0.05) is 38.9 Å². The molecule has 3 fully saturated rings. The van der Waals surface area contributed by atoms with Gasteiger partial charge in [0.2, 0.25) is 88.6 Å². The largest absolute Gasteiger partial charge is 0.368 e. The van der Waals surface area contributed by atoms with Gasteiger partial charge < -0.3 is 108 Å². The highest BCUT2D eigenvalue weighted by Gasteiger charge is 2.44. The Morgan fingerprint density at radius 2 is 0.756 bits per heavy atom. The van der Waals surface area contributed by atoms with E-state index in [0.29, 0.717) is 94.8 Å². The summed E-state index contributed by atoms with van der Waals surface area (Å²) >= 11 is 0. The van der Waals surface area contributed by atoms with Crippen LogP contribution in [-0.2, 0) is 84.8 Å². The number of fused-ring (bicyclic) bond motifs is 2. The Morgan fingerprint density at radius 3 is 1.17 bits per heavy atom. The number of hydrogen-bond donors (Lipinski definition) is 18. The highest BCUT2D eigenvalue weighted by Crippen LogP contribution is 2.25. The van der Waals surface area contributed by atoms with E-state index in [9.17, 15) is 38.4 Å². The molecular formula is C92H154N20O15. The van der Waals surface area contributed by atoms with Crippen LogP contribution in [-0.4, -0.2) is 235 Å². The summed E-state index contributed by atoms with van der Waals surface area (Å²) in [6.45, 7) is 17.7. The fourth-order valence-corrected chi connectivity index (χ4v) is 16.3. The molecule has 2 aromatic rings. The molecule has 0 bridgehead atoms. The average molecular weight is 1780 g/mol. The molecule has 3 heterocycles. The zero-order valence-electron chi connectivity index (χ0n) is 76.9. The Morgan fingerprint density at radius 1 is 0.394 bits per heavy atom. The van der Waals surface area contributed by atoms with E-state index < -0.39 is 179 Å². The minimum absolute atomic E-state index is 0.0112. The van der Waals surface area contributed by atoms with E-state index in [-0.39, 0.29) is 147 Å². The highest BCUT2D eigenvalue weighted by molar-refractivity contribution is 6.01. The maximum Gasteiger partial charge on any atom is 0.246 e. The molecule has 2 aromatic carbocycles. The topological polar surface area (TPSA) is 549 Å². The maximum absolute atomic E-state index is 15.5. The predicted octanol–water partition coefficient (Wildman–Crippen LogP) is 2.20. The number of rotatable bonds is 44. The Kier molecular flexibility index (Phi) is 49.8. The van der Waals surface area contributed by atoms with Gasteiger partial charge in [-0.1, -0.05) is 155 Å². The third-order valence-electron chi connectivity index (χ3n) is 23.5. The number of nitrogens with two attached hydrogens (primary N) is 5. The summed E-state index contributed by atoms with van der Waals surface area (Å²) in [5, 5.41) is 37.7. The molecule has 127 heavy (non-hydrogen) atoms. The van der Waals surface area contributed by atoms with Crippen LogP contribution in [0.3, 0.4) is 0 Å². The van der Waals surface area contributed by atoms with Crippen molar-refractivity contribution in [3.05, 3.63) is 71.8 Å². The fourth-order valence-electron chi connectivity index (χ4n) is 16.3. The summed E-state index contributed by atoms with van der Waals surface area (Å²) in [6.07, 6.45) is 10.9. The van der Waals surface area contributed by atoms with Gasteiger partial charge in [-0.2, -0.15) is 0 Å². The quantitative estimate of drug-likeness (QED) is 0.0423. The molecule has 0 aromatic heterocycles. The number of primary amides is 1. The van der Waals surface area contributed by atoms with Gasteiger partial charge in [0.15, 0.2) is 0 Å². The van der Waals surface area contributed by atoms with Gasteiger partial charge in [-0.15, -0.1) is 0 Å². The second kappa shape index (κ2) is 58.7. The van der Waals surface area contributed by atoms with E-state index in [1.165, 1.54) is 9.80 Å². The van der Waals surface area contributed by atoms with E-state index >= 15 is 33.6 Å². The van der Waals surface area contributed by atoms with Gasteiger partial charge >= 0.3 is 0 Å². The number of benzene rings is 2. The number of nitrogens with zero attached hydrogens (tertiary/aromatic N) is 2. The van der Waals surface area contributed by atoms with Crippen LogP contribution < -0.4 is 97.8 Å². The Balaban J connectivity index is 1.59. The summed E-state index contributed by atoms with van der Waals surface area (Å²) in [6, 6.07) is 0.150. The first-order chi connectivity index (χ1) is 60.7. The summed E-state index contributed by atoms with van der Waals surface area (Å²) < 4.78 is 0.